The first-order chi connectivity index (χ1) is 16.2. The van der Waals surface area contributed by atoms with Crippen molar-refractivity contribution in [2.45, 2.75) is 25.7 Å². The normalized spacial score (nSPS) is 11.1. The van der Waals surface area contributed by atoms with Crippen LogP contribution in [-0.2, 0) is 10.0 Å². The molecule has 0 saturated carbocycles. The Kier molecular flexibility index (Phi) is 7.96. The number of benzene rings is 3. The van der Waals surface area contributed by atoms with Gasteiger partial charge in [-0.2, -0.15) is 0 Å². The van der Waals surface area contributed by atoms with Crippen molar-refractivity contribution >= 4 is 44.8 Å². The SMILES string of the molecule is CCN(CC)C(=O)c1ccccc1NC(=O)c1ccc(Cl)c(S(=O)(=O)Nc2ccccc2C)c1. The van der Waals surface area contributed by atoms with Crippen LogP contribution in [0.1, 0.15) is 40.1 Å². The van der Waals surface area contributed by atoms with E-state index in [2.05, 4.69) is 10.0 Å². The van der Waals surface area contributed by atoms with Crippen LogP contribution in [0.4, 0.5) is 11.4 Å². The summed E-state index contributed by atoms with van der Waals surface area (Å²) >= 11 is 6.18. The molecular weight excluding hydrogens is 474 g/mol. The first-order valence-corrected chi connectivity index (χ1v) is 12.6. The van der Waals surface area contributed by atoms with Crippen LogP contribution in [0.25, 0.3) is 0 Å². The van der Waals surface area contributed by atoms with Crippen molar-refractivity contribution in [1.29, 1.82) is 0 Å². The molecule has 0 aliphatic carbocycles. The maximum absolute atomic E-state index is 13.0. The van der Waals surface area contributed by atoms with Crippen LogP contribution in [0.3, 0.4) is 0 Å². The van der Waals surface area contributed by atoms with Crippen LogP contribution in [0.5, 0.6) is 0 Å². The monoisotopic (exact) mass is 499 g/mol. The van der Waals surface area contributed by atoms with E-state index in [0.29, 0.717) is 30.0 Å². The van der Waals surface area contributed by atoms with E-state index in [1.165, 1.54) is 18.2 Å². The Labute approximate surface area is 204 Å². The van der Waals surface area contributed by atoms with E-state index in [0.717, 1.165) is 5.56 Å². The fourth-order valence-electron chi connectivity index (χ4n) is 3.39. The average Bonchev–Trinajstić information content (AvgIpc) is 2.81. The Morgan fingerprint density at radius 3 is 2.18 bits per heavy atom. The number of rotatable bonds is 8. The number of carbonyl (C=O) groups is 2. The second-order valence-corrected chi connectivity index (χ2v) is 9.60. The number of sulfonamides is 1. The van der Waals surface area contributed by atoms with E-state index >= 15 is 0 Å². The second-order valence-electron chi connectivity index (χ2n) is 7.54. The van der Waals surface area contributed by atoms with Crippen molar-refractivity contribution in [2.75, 3.05) is 23.1 Å². The van der Waals surface area contributed by atoms with Crippen LogP contribution in [0.15, 0.2) is 71.6 Å². The quantitative estimate of drug-likeness (QED) is 0.446. The van der Waals surface area contributed by atoms with Crippen molar-refractivity contribution in [3.05, 3.63) is 88.4 Å². The first kappa shape index (κ1) is 25.3. The Hall–Kier alpha value is -3.36. The number of nitrogens with zero attached hydrogens (tertiary/aromatic N) is 1. The number of halogens is 1. The summed E-state index contributed by atoms with van der Waals surface area (Å²) in [5.41, 5.74) is 1.92. The van der Waals surface area contributed by atoms with Gasteiger partial charge < -0.3 is 10.2 Å². The van der Waals surface area contributed by atoms with E-state index in [1.54, 1.807) is 60.4 Å². The largest absolute Gasteiger partial charge is 0.339 e. The van der Waals surface area contributed by atoms with Gasteiger partial charge in [0.15, 0.2) is 0 Å². The highest BCUT2D eigenvalue weighted by atomic mass is 35.5. The smallest absolute Gasteiger partial charge is 0.263 e. The Morgan fingerprint density at radius 2 is 1.53 bits per heavy atom. The van der Waals surface area contributed by atoms with Gasteiger partial charge in [0.05, 0.1) is 22.0 Å². The molecule has 0 fully saturated rings. The van der Waals surface area contributed by atoms with Gasteiger partial charge in [0.1, 0.15) is 4.90 Å². The van der Waals surface area contributed by atoms with Gasteiger partial charge in [-0.3, -0.25) is 14.3 Å². The predicted octanol–water partition coefficient (Wildman–Crippen LogP) is 5.18. The molecular formula is C25H26ClN3O4S. The number of carbonyl (C=O) groups excluding carboxylic acids is 2. The van der Waals surface area contributed by atoms with E-state index in [1.807, 2.05) is 13.8 Å². The van der Waals surface area contributed by atoms with E-state index in [-0.39, 0.29) is 21.4 Å². The fourth-order valence-corrected chi connectivity index (χ4v) is 5.05. The third kappa shape index (κ3) is 5.58. The molecule has 0 spiro atoms. The maximum atomic E-state index is 13.0. The average molecular weight is 500 g/mol. The summed E-state index contributed by atoms with van der Waals surface area (Å²) in [4.78, 5) is 27.3. The molecule has 0 aliphatic rings. The Balaban J connectivity index is 1.90. The minimum absolute atomic E-state index is 0.0188. The molecule has 0 unspecified atom stereocenters. The van der Waals surface area contributed by atoms with Crippen LogP contribution < -0.4 is 10.0 Å². The standard InChI is InChI=1S/C25H26ClN3O4S/c1-4-29(5-2)25(31)19-11-7-9-13-22(19)27-24(30)18-14-15-20(26)23(16-18)34(32,33)28-21-12-8-6-10-17(21)3/h6-16,28H,4-5H2,1-3H3,(H,27,30). The van der Waals surface area contributed by atoms with Crippen molar-refractivity contribution in [1.82, 2.24) is 4.90 Å². The summed E-state index contributed by atoms with van der Waals surface area (Å²) < 4.78 is 28.5. The molecule has 0 bridgehead atoms. The number of nitrogens with one attached hydrogen (secondary N) is 2. The molecule has 0 heterocycles. The topological polar surface area (TPSA) is 95.6 Å². The summed E-state index contributed by atoms with van der Waals surface area (Å²) in [5.74, 6) is -0.772. The number of para-hydroxylation sites is 2. The molecule has 178 valence electrons. The van der Waals surface area contributed by atoms with Gasteiger partial charge >= 0.3 is 0 Å². The van der Waals surface area contributed by atoms with Gasteiger partial charge in [0, 0.05) is 18.7 Å². The summed E-state index contributed by atoms with van der Waals surface area (Å²) in [7, 11) is -4.06. The maximum Gasteiger partial charge on any atom is 0.263 e. The lowest BCUT2D eigenvalue weighted by Crippen LogP contribution is -2.31. The molecule has 2 N–H and O–H groups in total. The van der Waals surface area contributed by atoms with Gasteiger partial charge in [-0.25, -0.2) is 8.42 Å². The van der Waals surface area contributed by atoms with Crippen molar-refractivity contribution in [3.63, 3.8) is 0 Å². The van der Waals surface area contributed by atoms with Gasteiger partial charge in [-0.15, -0.1) is 0 Å². The highest BCUT2D eigenvalue weighted by Gasteiger charge is 2.22. The van der Waals surface area contributed by atoms with Crippen LogP contribution in [0, 0.1) is 6.92 Å². The van der Waals surface area contributed by atoms with Crippen molar-refractivity contribution in [3.8, 4) is 0 Å². The Morgan fingerprint density at radius 1 is 0.912 bits per heavy atom. The minimum atomic E-state index is -4.06. The van der Waals surface area contributed by atoms with Crippen molar-refractivity contribution in [2.24, 2.45) is 0 Å². The zero-order chi connectivity index (χ0) is 24.9. The van der Waals surface area contributed by atoms with Crippen LogP contribution >= 0.6 is 11.6 Å². The highest BCUT2D eigenvalue weighted by molar-refractivity contribution is 7.92. The molecule has 3 rings (SSSR count). The zero-order valence-electron chi connectivity index (χ0n) is 19.1. The molecule has 0 atom stereocenters. The molecule has 34 heavy (non-hydrogen) atoms. The fraction of sp³-hybridized carbons (Fsp3) is 0.200. The molecule has 3 aromatic carbocycles. The lowest BCUT2D eigenvalue weighted by molar-refractivity contribution is 0.0774. The molecule has 0 aromatic heterocycles. The van der Waals surface area contributed by atoms with Gasteiger partial charge in [-0.1, -0.05) is 41.9 Å². The van der Waals surface area contributed by atoms with Crippen LogP contribution in [-0.4, -0.2) is 38.2 Å². The number of amides is 2. The van der Waals surface area contributed by atoms with Gasteiger partial charge in [-0.05, 0) is 62.7 Å². The lowest BCUT2D eigenvalue weighted by atomic mass is 10.1. The second kappa shape index (κ2) is 10.7. The van der Waals surface area contributed by atoms with E-state index in [9.17, 15) is 18.0 Å². The summed E-state index contributed by atoms with van der Waals surface area (Å²) in [6, 6.07) is 17.6. The van der Waals surface area contributed by atoms with Crippen LogP contribution in [0.2, 0.25) is 5.02 Å². The molecule has 0 aliphatic heterocycles. The van der Waals surface area contributed by atoms with Gasteiger partial charge in [0.2, 0.25) is 0 Å². The predicted molar refractivity (Wildman–Crippen MR) is 135 cm³/mol. The molecule has 9 heteroatoms. The molecule has 0 radical (unpaired) electrons. The lowest BCUT2D eigenvalue weighted by Gasteiger charge is -2.20. The van der Waals surface area contributed by atoms with E-state index < -0.39 is 15.9 Å². The van der Waals surface area contributed by atoms with Crippen molar-refractivity contribution < 1.29 is 18.0 Å². The molecule has 3 aromatic rings. The summed E-state index contributed by atoms with van der Waals surface area (Å²) in [6.07, 6.45) is 0. The molecule has 0 saturated heterocycles. The number of hydrogen-bond donors (Lipinski definition) is 2. The number of aryl methyl sites for hydroxylation is 1. The molecule has 2 amide bonds. The number of anilines is 2. The molecule has 7 nitrogen and oxygen atoms in total. The Bertz CT molecular complexity index is 1320. The zero-order valence-corrected chi connectivity index (χ0v) is 20.7. The van der Waals surface area contributed by atoms with E-state index in [4.69, 9.17) is 11.6 Å². The third-order valence-electron chi connectivity index (χ3n) is 5.33. The number of hydrogen-bond acceptors (Lipinski definition) is 4. The highest BCUT2D eigenvalue weighted by Crippen LogP contribution is 2.27. The third-order valence-corrected chi connectivity index (χ3v) is 7.18. The summed E-state index contributed by atoms with van der Waals surface area (Å²) in [6.45, 7) is 6.60. The first-order valence-electron chi connectivity index (χ1n) is 10.8. The minimum Gasteiger partial charge on any atom is -0.339 e. The van der Waals surface area contributed by atoms with Gasteiger partial charge in [0.25, 0.3) is 21.8 Å². The summed E-state index contributed by atoms with van der Waals surface area (Å²) in [5, 5.41) is 2.70.